The molecule has 0 atom stereocenters. The average molecular weight is 458 g/mol. The van der Waals surface area contributed by atoms with Crippen molar-refractivity contribution in [3.8, 4) is 0 Å². The summed E-state index contributed by atoms with van der Waals surface area (Å²) >= 11 is -3.40. The van der Waals surface area contributed by atoms with Crippen LogP contribution in [0.1, 0.15) is 0 Å². The van der Waals surface area contributed by atoms with Gasteiger partial charge in [-0.05, 0) is 0 Å². The zero-order valence-electron chi connectivity index (χ0n) is 12.8. The third-order valence-corrected chi connectivity index (χ3v) is 8.78. The van der Waals surface area contributed by atoms with Gasteiger partial charge in [-0.1, -0.05) is 0 Å². The molecule has 0 fully saturated rings. The molecule has 0 rings (SSSR count). The number of hydrogen-bond donors (Lipinski definition) is 0. The van der Waals surface area contributed by atoms with Gasteiger partial charge in [0.1, 0.15) is 0 Å². The van der Waals surface area contributed by atoms with Crippen LogP contribution in [0.25, 0.3) is 0 Å². The SMILES string of the molecule is [CH3][Sn]([CH3])([CH3])[CH]=CC=C/C=C/C=CC=[CH][Sn]([CH3])([CH3])[CH3]. The van der Waals surface area contributed by atoms with Gasteiger partial charge >= 0.3 is 123 Å². The molecule has 0 aromatic heterocycles. The van der Waals surface area contributed by atoms with Crippen LogP contribution in [0.2, 0.25) is 29.6 Å². The summed E-state index contributed by atoms with van der Waals surface area (Å²) < 4.78 is 4.82. The van der Waals surface area contributed by atoms with Crippen molar-refractivity contribution in [2.24, 2.45) is 0 Å². The van der Waals surface area contributed by atoms with Gasteiger partial charge in [-0.2, -0.15) is 0 Å². The molecule has 0 aliphatic heterocycles. The van der Waals surface area contributed by atoms with Gasteiger partial charge in [-0.25, -0.2) is 0 Å². The maximum atomic E-state index is 2.41. The minimum absolute atomic E-state index is 1.70. The van der Waals surface area contributed by atoms with Crippen molar-refractivity contribution in [2.45, 2.75) is 29.6 Å². The van der Waals surface area contributed by atoms with Crippen molar-refractivity contribution >= 4 is 36.8 Å². The first-order chi connectivity index (χ1) is 8.21. The fourth-order valence-electron chi connectivity index (χ4n) is 1.07. The Morgan fingerprint density at radius 1 is 0.389 bits per heavy atom. The van der Waals surface area contributed by atoms with Gasteiger partial charge in [0.15, 0.2) is 0 Å². The van der Waals surface area contributed by atoms with E-state index < -0.39 is 36.8 Å². The predicted octanol–water partition coefficient (Wildman–Crippen LogP) is 5.52. The van der Waals surface area contributed by atoms with E-state index in [4.69, 9.17) is 0 Å². The van der Waals surface area contributed by atoms with Gasteiger partial charge in [0, 0.05) is 0 Å². The second kappa shape index (κ2) is 9.24. The Morgan fingerprint density at radius 2 is 0.611 bits per heavy atom. The maximum absolute atomic E-state index is 2.41. The molecule has 0 aromatic carbocycles. The second-order valence-electron chi connectivity index (χ2n) is 6.60. The third-order valence-electron chi connectivity index (χ3n) is 1.97. The first-order valence-corrected chi connectivity index (χ1v) is 27.0. The Labute approximate surface area is 122 Å². The first-order valence-electron chi connectivity index (χ1n) is 6.58. The van der Waals surface area contributed by atoms with E-state index in [1.807, 2.05) is 0 Å². The number of rotatable bonds is 6. The zero-order chi connectivity index (χ0) is 14.1. The van der Waals surface area contributed by atoms with Crippen LogP contribution >= 0.6 is 0 Å². The molecule has 0 unspecified atom stereocenters. The van der Waals surface area contributed by atoms with Crippen LogP contribution in [0.15, 0.2) is 56.8 Å². The molecule has 18 heavy (non-hydrogen) atoms. The third kappa shape index (κ3) is 16.3. The van der Waals surface area contributed by atoms with E-state index in [1.54, 1.807) is 0 Å². The fraction of sp³-hybridized carbons (Fsp3) is 0.375. The Kier molecular flexibility index (Phi) is 9.39. The van der Waals surface area contributed by atoms with E-state index in [-0.39, 0.29) is 0 Å². The molecule has 0 aliphatic carbocycles. The summed E-state index contributed by atoms with van der Waals surface area (Å²) in [6.07, 6.45) is 17.0. The minimum atomic E-state index is -1.70. The van der Waals surface area contributed by atoms with E-state index in [0.717, 1.165) is 0 Å². The molecular formula is C16H28Sn2. The molecule has 0 aliphatic rings. The van der Waals surface area contributed by atoms with E-state index in [9.17, 15) is 0 Å². The summed E-state index contributed by atoms with van der Waals surface area (Å²) in [5.74, 6) is 0. The number of allylic oxidation sites excluding steroid dienone is 8. The Morgan fingerprint density at radius 3 is 0.833 bits per heavy atom. The second-order valence-corrected chi connectivity index (χ2v) is 35.5. The monoisotopic (exact) mass is 460 g/mol. The Hall–Kier alpha value is 0.297. The molecule has 0 amide bonds. The summed E-state index contributed by atoms with van der Waals surface area (Å²) in [6.45, 7) is 0. The molecule has 0 radical (unpaired) electrons. The molecule has 0 spiro atoms. The van der Waals surface area contributed by atoms with Crippen molar-refractivity contribution in [1.29, 1.82) is 0 Å². The summed E-state index contributed by atoms with van der Waals surface area (Å²) in [4.78, 5) is 14.4. The quantitative estimate of drug-likeness (QED) is 0.364. The van der Waals surface area contributed by atoms with Gasteiger partial charge < -0.3 is 0 Å². The van der Waals surface area contributed by atoms with E-state index >= 15 is 0 Å². The van der Waals surface area contributed by atoms with E-state index in [0.29, 0.717) is 0 Å². The Balaban J connectivity index is 3.99. The zero-order valence-corrected chi connectivity index (χ0v) is 18.5. The van der Waals surface area contributed by atoms with Crippen LogP contribution in [0, 0.1) is 0 Å². The van der Waals surface area contributed by atoms with Crippen LogP contribution in [0.5, 0.6) is 0 Å². The number of hydrogen-bond acceptors (Lipinski definition) is 0. The molecule has 0 nitrogen and oxygen atoms in total. The molecule has 2 heteroatoms. The van der Waals surface area contributed by atoms with Gasteiger partial charge in [0.25, 0.3) is 0 Å². The van der Waals surface area contributed by atoms with Crippen molar-refractivity contribution in [3.63, 3.8) is 0 Å². The molecule has 0 heterocycles. The summed E-state index contributed by atoms with van der Waals surface area (Å²) in [7, 11) is 0. The van der Waals surface area contributed by atoms with Crippen molar-refractivity contribution in [1.82, 2.24) is 0 Å². The molecule has 100 valence electrons. The predicted molar refractivity (Wildman–Crippen MR) is 92.4 cm³/mol. The molecular weight excluding hydrogens is 430 g/mol. The van der Waals surface area contributed by atoms with Gasteiger partial charge in [-0.3, -0.25) is 0 Å². The molecule has 0 bridgehead atoms. The summed E-state index contributed by atoms with van der Waals surface area (Å²) in [6, 6.07) is 0. The van der Waals surface area contributed by atoms with Crippen LogP contribution in [0.4, 0.5) is 0 Å². The van der Waals surface area contributed by atoms with Crippen molar-refractivity contribution in [3.05, 3.63) is 56.8 Å². The van der Waals surface area contributed by atoms with Gasteiger partial charge in [0.05, 0.1) is 0 Å². The van der Waals surface area contributed by atoms with Crippen LogP contribution in [-0.2, 0) is 0 Å². The molecule has 0 N–H and O–H groups in total. The van der Waals surface area contributed by atoms with Crippen molar-refractivity contribution in [2.75, 3.05) is 0 Å². The fourth-order valence-corrected chi connectivity index (χ4v) is 5.00. The molecule has 0 saturated carbocycles. The normalized spacial score (nSPS) is 15.2. The van der Waals surface area contributed by atoms with Gasteiger partial charge in [-0.15, -0.1) is 0 Å². The van der Waals surface area contributed by atoms with E-state index in [1.165, 1.54) is 0 Å². The van der Waals surface area contributed by atoms with Gasteiger partial charge in [0.2, 0.25) is 0 Å². The van der Waals surface area contributed by atoms with Crippen LogP contribution < -0.4 is 0 Å². The standard InChI is InChI=1S/C10H10.6CH3.2Sn/c1-3-5-7-9-10-8-6-4-2;;;;;;;;/h1-10H;6*1H3;;/b3-1?,4-2?,7-5?,8-6?,10-9+;;;;;;;;. The first kappa shape index (κ1) is 18.3. The average Bonchev–Trinajstić information content (AvgIpc) is 2.17. The summed E-state index contributed by atoms with van der Waals surface area (Å²) in [5.41, 5.74) is 0. The molecule has 0 aromatic rings. The van der Waals surface area contributed by atoms with Crippen molar-refractivity contribution < 1.29 is 0 Å². The van der Waals surface area contributed by atoms with E-state index in [2.05, 4.69) is 86.4 Å². The molecule has 0 saturated heterocycles. The van der Waals surface area contributed by atoms with Crippen LogP contribution in [0.3, 0.4) is 0 Å². The van der Waals surface area contributed by atoms with Crippen LogP contribution in [-0.4, -0.2) is 36.8 Å². The Bertz CT molecular complexity index is 320. The topological polar surface area (TPSA) is 0 Å². The summed E-state index contributed by atoms with van der Waals surface area (Å²) in [5, 5.41) is 0.